The van der Waals surface area contributed by atoms with Crippen LogP contribution < -0.4 is 5.73 Å². The topological polar surface area (TPSA) is 63.4 Å². The van der Waals surface area contributed by atoms with Crippen molar-refractivity contribution in [3.8, 4) is 0 Å². The maximum atomic E-state index is 12.9. The SMILES string of the molecule is Cc1cc(F)ccc1S(=O)(=O)N1CC[C@@H](N)C1. The molecule has 1 aromatic carbocycles. The molecule has 0 bridgehead atoms. The van der Waals surface area contributed by atoms with Gasteiger partial charge in [-0.25, -0.2) is 12.8 Å². The quantitative estimate of drug-likeness (QED) is 0.855. The van der Waals surface area contributed by atoms with Crippen LogP contribution in [-0.2, 0) is 10.0 Å². The standard InChI is InChI=1S/C11H15FN2O2S/c1-8-6-9(12)2-3-11(8)17(15,16)14-5-4-10(13)7-14/h2-3,6,10H,4-5,7,13H2,1H3/t10-/m1/s1. The molecule has 1 heterocycles. The lowest BCUT2D eigenvalue weighted by Crippen LogP contribution is -2.32. The molecule has 1 aliphatic rings. The average molecular weight is 258 g/mol. The van der Waals surface area contributed by atoms with Crippen LogP contribution in [0.4, 0.5) is 4.39 Å². The van der Waals surface area contributed by atoms with E-state index < -0.39 is 15.8 Å². The highest BCUT2D eigenvalue weighted by Crippen LogP contribution is 2.23. The van der Waals surface area contributed by atoms with Crippen molar-refractivity contribution in [2.75, 3.05) is 13.1 Å². The van der Waals surface area contributed by atoms with Gasteiger partial charge in [0.2, 0.25) is 10.0 Å². The zero-order valence-corrected chi connectivity index (χ0v) is 10.4. The molecule has 2 rings (SSSR count). The van der Waals surface area contributed by atoms with E-state index in [4.69, 9.17) is 5.73 Å². The van der Waals surface area contributed by atoms with Crippen LogP contribution in [0, 0.1) is 12.7 Å². The Balaban J connectivity index is 2.38. The number of nitrogens with two attached hydrogens (primary N) is 1. The lowest BCUT2D eigenvalue weighted by Gasteiger charge is -2.17. The van der Waals surface area contributed by atoms with Crippen LogP contribution in [0.25, 0.3) is 0 Å². The predicted molar refractivity (Wildman–Crippen MR) is 62.5 cm³/mol. The third-order valence-electron chi connectivity index (χ3n) is 2.94. The van der Waals surface area contributed by atoms with Gasteiger partial charge in [-0.15, -0.1) is 0 Å². The molecule has 0 saturated carbocycles. The summed E-state index contributed by atoms with van der Waals surface area (Å²) in [6, 6.07) is 3.59. The third-order valence-corrected chi connectivity index (χ3v) is 4.97. The van der Waals surface area contributed by atoms with Crippen LogP contribution >= 0.6 is 0 Å². The molecule has 0 radical (unpaired) electrons. The van der Waals surface area contributed by atoms with Crippen molar-refractivity contribution in [1.82, 2.24) is 4.31 Å². The number of hydrogen-bond acceptors (Lipinski definition) is 3. The largest absolute Gasteiger partial charge is 0.326 e. The van der Waals surface area contributed by atoms with Crippen molar-refractivity contribution < 1.29 is 12.8 Å². The summed E-state index contributed by atoms with van der Waals surface area (Å²) in [6.07, 6.45) is 0.666. The van der Waals surface area contributed by atoms with Crippen molar-refractivity contribution in [3.63, 3.8) is 0 Å². The van der Waals surface area contributed by atoms with E-state index in [0.717, 1.165) is 6.07 Å². The van der Waals surface area contributed by atoms with Crippen LogP contribution in [0.2, 0.25) is 0 Å². The Morgan fingerprint density at radius 3 is 2.71 bits per heavy atom. The van der Waals surface area contributed by atoms with Gasteiger partial charge in [0.05, 0.1) is 4.90 Å². The Morgan fingerprint density at radius 2 is 2.18 bits per heavy atom. The number of halogens is 1. The molecule has 4 nitrogen and oxygen atoms in total. The van der Waals surface area contributed by atoms with E-state index in [-0.39, 0.29) is 10.9 Å². The Bertz CT molecular complexity index is 530. The van der Waals surface area contributed by atoms with Gasteiger partial charge in [-0.1, -0.05) is 0 Å². The number of nitrogens with zero attached hydrogens (tertiary/aromatic N) is 1. The highest BCUT2D eigenvalue weighted by molar-refractivity contribution is 7.89. The zero-order valence-electron chi connectivity index (χ0n) is 9.56. The van der Waals surface area contributed by atoms with Crippen molar-refractivity contribution in [2.24, 2.45) is 5.73 Å². The first kappa shape index (κ1) is 12.5. The monoisotopic (exact) mass is 258 g/mol. The minimum Gasteiger partial charge on any atom is -0.326 e. The Hall–Kier alpha value is -0.980. The van der Waals surface area contributed by atoms with Crippen LogP contribution in [0.1, 0.15) is 12.0 Å². The highest BCUT2D eigenvalue weighted by Gasteiger charge is 2.31. The number of aryl methyl sites for hydroxylation is 1. The predicted octanol–water partition coefficient (Wildman–Crippen LogP) is 0.856. The van der Waals surface area contributed by atoms with Crippen LogP contribution in [-0.4, -0.2) is 31.9 Å². The minimum absolute atomic E-state index is 0.106. The second kappa shape index (κ2) is 4.36. The number of rotatable bonds is 2. The fourth-order valence-corrected chi connectivity index (χ4v) is 3.73. The van der Waals surface area contributed by atoms with Gasteiger partial charge < -0.3 is 5.73 Å². The summed E-state index contributed by atoms with van der Waals surface area (Å²) in [5.74, 6) is -0.431. The van der Waals surface area contributed by atoms with Crippen LogP contribution in [0.3, 0.4) is 0 Å². The fourth-order valence-electron chi connectivity index (χ4n) is 2.01. The van der Waals surface area contributed by atoms with Gasteiger partial charge in [0.25, 0.3) is 0 Å². The first-order valence-electron chi connectivity index (χ1n) is 5.43. The lowest BCUT2D eigenvalue weighted by molar-refractivity contribution is 0.471. The molecule has 1 aliphatic heterocycles. The number of hydrogen-bond donors (Lipinski definition) is 1. The maximum Gasteiger partial charge on any atom is 0.243 e. The summed E-state index contributed by atoms with van der Waals surface area (Å²) in [5.41, 5.74) is 6.12. The maximum absolute atomic E-state index is 12.9. The molecule has 1 saturated heterocycles. The first-order chi connectivity index (χ1) is 7.91. The van der Waals surface area contributed by atoms with Gasteiger partial charge in [-0.05, 0) is 37.1 Å². The molecule has 6 heteroatoms. The normalized spacial score (nSPS) is 21.9. The average Bonchev–Trinajstić information content (AvgIpc) is 2.64. The second-order valence-corrected chi connectivity index (χ2v) is 6.23. The number of sulfonamides is 1. The van der Waals surface area contributed by atoms with E-state index in [1.807, 2.05) is 0 Å². The summed E-state index contributed by atoms with van der Waals surface area (Å²) in [4.78, 5) is 0.160. The lowest BCUT2D eigenvalue weighted by atomic mass is 10.2. The molecule has 1 fully saturated rings. The van der Waals surface area contributed by atoms with Crippen molar-refractivity contribution >= 4 is 10.0 Å². The molecule has 2 N–H and O–H groups in total. The van der Waals surface area contributed by atoms with Gasteiger partial charge >= 0.3 is 0 Å². The van der Waals surface area contributed by atoms with Crippen molar-refractivity contribution in [3.05, 3.63) is 29.6 Å². The Labute approximate surface area is 100 Å². The Kier molecular flexibility index (Phi) is 3.20. The molecule has 0 aliphatic carbocycles. The van der Waals surface area contributed by atoms with Gasteiger partial charge in [0.1, 0.15) is 5.82 Å². The van der Waals surface area contributed by atoms with Gasteiger partial charge in [-0.3, -0.25) is 0 Å². The molecule has 0 spiro atoms. The van der Waals surface area contributed by atoms with Crippen molar-refractivity contribution in [1.29, 1.82) is 0 Å². The van der Waals surface area contributed by atoms with Crippen molar-refractivity contribution in [2.45, 2.75) is 24.3 Å². The smallest absolute Gasteiger partial charge is 0.243 e. The first-order valence-corrected chi connectivity index (χ1v) is 6.87. The molecular formula is C11H15FN2O2S. The van der Waals surface area contributed by atoms with Gasteiger partial charge in [0, 0.05) is 19.1 Å². The zero-order chi connectivity index (χ0) is 12.6. The summed E-state index contributed by atoms with van der Waals surface area (Å²) in [6.45, 7) is 2.35. The molecule has 17 heavy (non-hydrogen) atoms. The van der Waals surface area contributed by atoms with E-state index in [2.05, 4.69) is 0 Å². The molecule has 1 atom stereocenters. The summed E-state index contributed by atoms with van der Waals surface area (Å²) in [5, 5.41) is 0. The third kappa shape index (κ3) is 2.34. The van der Waals surface area contributed by atoms with E-state index >= 15 is 0 Å². The summed E-state index contributed by atoms with van der Waals surface area (Å²) < 4.78 is 38.8. The van der Waals surface area contributed by atoms with E-state index in [1.165, 1.54) is 16.4 Å². The molecule has 0 aromatic heterocycles. The summed E-state index contributed by atoms with van der Waals surface area (Å²) >= 11 is 0. The van der Waals surface area contributed by atoms with Gasteiger partial charge in [-0.2, -0.15) is 4.31 Å². The van der Waals surface area contributed by atoms with E-state index in [0.29, 0.717) is 25.1 Å². The van der Waals surface area contributed by atoms with Crippen LogP contribution in [0.5, 0.6) is 0 Å². The second-order valence-electron chi connectivity index (χ2n) is 4.32. The molecule has 0 amide bonds. The number of benzene rings is 1. The van der Waals surface area contributed by atoms with Gasteiger partial charge in [0.15, 0.2) is 0 Å². The highest BCUT2D eigenvalue weighted by atomic mass is 32.2. The fraction of sp³-hybridized carbons (Fsp3) is 0.455. The van der Waals surface area contributed by atoms with E-state index in [9.17, 15) is 12.8 Å². The van der Waals surface area contributed by atoms with E-state index in [1.54, 1.807) is 6.92 Å². The van der Waals surface area contributed by atoms with Crippen LogP contribution in [0.15, 0.2) is 23.1 Å². The summed E-state index contributed by atoms with van der Waals surface area (Å²) in [7, 11) is -3.53. The Morgan fingerprint density at radius 1 is 1.47 bits per heavy atom. The minimum atomic E-state index is -3.53. The molecule has 1 aromatic rings. The molecule has 94 valence electrons. The molecular weight excluding hydrogens is 243 g/mol. The molecule has 0 unspecified atom stereocenters.